The van der Waals surface area contributed by atoms with Crippen LogP contribution in [-0.2, 0) is 0 Å². The standard InChI is InChI=1S/C4H7PS/c1-3-4-6-5-2/h3-4H,2H2,1H3. The molecule has 0 aliphatic rings. The maximum Gasteiger partial charge on any atom is -0.0244 e. The van der Waals surface area contributed by atoms with Gasteiger partial charge in [0.2, 0.25) is 0 Å². The molecule has 0 saturated carbocycles. The van der Waals surface area contributed by atoms with E-state index in [9.17, 15) is 0 Å². The van der Waals surface area contributed by atoms with Crippen LogP contribution < -0.4 is 0 Å². The molecule has 0 aliphatic carbocycles. The van der Waals surface area contributed by atoms with Crippen LogP contribution in [0.15, 0.2) is 11.5 Å². The monoisotopic (exact) mass is 118 g/mol. The van der Waals surface area contributed by atoms with Crippen molar-refractivity contribution < 1.29 is 0 Å². The van der Waals surface area contributed by atoms with Crippen molar-refractivity contribution in [3.63, 3.8) is 0 Å². The Morgan fingerprint density at radius 2 is 2.50 bits per heavy atom. The Bertz CT molecular complexity index is 58.6. The summed E-state index contributed by atoms with van der Waals surface area (Å²) in [4.78, 5) is 0. The van der Waals surface area contributed by atoms with Crippen molar-refractivity contribution in [2.45, 2.75) is 6.92 Å². The number of hydrogen-bond donors (Lipinski definition) is 0. The summed E-state index contributed by atoms with van der Waals surface area (Å²) < 4.78 is 0. The molecule has 0 spiro atoms. The van der Waals surface area contributed by atoms with Crippen LogP contribution in [0.25, 0.3) is 0 Å². The molecular weight excluding hydrogens is 111 g/mol. The Balaban J connectivity index is 2.85. The molecule has 0 nitrogen and oxygen atoms in total. The van der Waals surface area contributed by atoms with Gasteiger partial charge in [0.1, 0.15) is 0 Å². The second-order valence-electron chi connectivity index (χ2n) is 0.704. The van der Waals surface area contributed by atoms with Crippen LogP contribution in [-0.4, -0.2) is 6.30 Å². The smallest absolute Gasteiger partial charge is 0.0244 e. The van der Waals surface area contributed by atoms with Gasteiger partial charge in [0, 0.05) is 0 Å². The predicted molar refractivity (Wildman–Crippen MR) is 36.4 cm³/mol. The van der Waals surface area contributed by atoms with Crippen LogP contribution in [0.2, 0.25) is 0 Å². The van der Waals surface area contributed by atoms with E-state index in [1.807, 2.05) is 18.4 Å². The fourth-order valence-corrected chi connectivity index (χ4v) is 0.935. The normalized spacial score (nSPS) is 10.8. The lowest BCUT2D eigenvalue weighted by atomic mass is 10.8. The second-order valence-corrected chi connectivity index (χ2v) is 2.85. The molecule has 6 heavy (non-hydrogen) atoms. The average molecular weight is 118 g/mol. The van der Waals surface area contributed by atoms with Crippen molar-refractivity contribution in [3.05, 3.63) is 11.5 Å². The molecule has 0 atom stereocenters. The van der Waals surface area contributed by atoms with Gasteiger partial charge in [-0.3, -0.25) is 0 Å². The highest BCUT2D eigenvalue weighted by Crippen LogP contribution is 2.16. The third kappa shape index (κ3) is 4.26. The van der Waals surface area contributed by atoms with E-state index in [1.165, 1.54) is 0 Å². The predicted octanol–water partition coefficient (Wildman–Crippen LogP) is 2.55. The van der Waals surface area contributed by atoms with E-state index in [-0.39, 0.29) is 0 Å². The van der Waals surface area contributed by atoms with Gasteiger partial charge in [0.25, 0.3) is 0 Å². The molecule has 0 saturated heterocycles. The molecule has 0 bridgehead atoms. The van der Waals surface area contributed by atoms with Gasteiger partial charge in [-0.05, 0) is 19.7 Å². The summed E-state index contributed by atoms with van der Waals surface area (Å²) in [5.41, 5.74) is 0. The van der Waals surface area contributed by atoms with E-state index in [2.05, 4.69) is 6.30 Å². The summed E-state index contributed by atoms with van der Waals surface area (Å²) in [6.45, 7) is 2.00. The molecule has 0 aromatic rings. The van der Waals surface area contributed by atoms with E-state index in [1.54, 1.807) is 11.4 Å². The average Bonchev–Trinajstić information content (AvgIpc) is 1.61. The van der Waals surface area contributed by atoms with Crippen molar-refractivity contribution in [1.82, 2.24) is 0 Å². The van der Waals surface area contributed by atoms with E-state index in [0.717, 1.165) is 7.41 Å². The molecule has 34 valence electrons. The first-order chi connectivity index (χ1) is 2.91. The molecular formula is C4H7PS. The van der Waals surface area contributed by atoms with Crippen molar-refractivity contribution in [2.24, 2.45) is 0 Å². The minimum Gasteiger partial charge on any atom is -0.0807 e. The molecule has 0 aromatic heterocycles. The molecule has 0 radical (unpaired) electrons. The molecule has 2 heteroatoms. The Morgan fingerprint density at radius 1 is 1.83 bits per heavy atom. The minimum atomic E-state index is 1.13. The summed E-state index contributed by atoms with van der Waals surface area (Å²) in [6, 6.07) is 0. The fraction of sp³-hybridized carbons (Fsp3) is 0.250. The van der Waals surface area contributed by atoms with Crippen LogP contribution in [0.3, 0.4) is 0 Å². The number of allylic oxidation sites excluding steroid dienone is 1. The molecule has 0 aliphatic heterocycles. The van der Waals surface area contributed by atoms with Gasteiger partial charge in [0.15, 0.2) is 0 Å². The summed E-state index contributed by atoms with van der Waals surface area (Å²) in [5.74, 6) is 0. The lowest BCUT2D eigenvalue weighted by Gasteiger charge is -1.68. The molecule has 0 heterocycles. The first-order valence-electron chi connectivity index (χ1n) is 1.65. The van der Waals surface area contributed by atoms with Crippen molar-refractivity contribution in [2.75, 3.05) is 0 Å². The Hall–Kier alpha value is 0.260. The van der Waals surface area contributed by atoms with Crippen LogP contribution >= 0.6 is 18.8 Å². The molecule has 0 aromatic carbocycles. The second kappa shape index (κ2) is 5.26. The van der Waals surface area contributed by atoms with Gasteiger partial charge in [-0.2, -0.15) is 0 Å². The molecule has 0 N–H and O–H groups in total. The Labute approximate surface area is 44.2 Å². The highest BCUT2D eigenvalue weighted by molar-refractivity contribution is 8.50. The molecule has 0 rings (SSSR count). The van der Waals surface area contributed by atoms with Crippen LogP contribution in [0, 0.1) is 0 Å². The summed E-state index contributed by atoms with van der Waals surface area (Å²) in [7, 11) is 1.13. The SMILES string of the molecule is C=PSC=CC. The quantitative estimate of drug-likeness (QED) is 0.502. The summed E-state index contributed by atoms with van der Waals surface area (Å²) >= 11 is 1.69. The first-order valence-corrected chi connectivity index (χ1v) is 4.21. The fourth-order valence-electron chi connectivity index (χ4n) is 0.104. The molecule has 0 amide bonds. The molecule has 0 unspecified atom stereocenters. The third-order valence-electron chi connectivity index (χ3n) is 0.271. The van der Waals surface area contributed by atoms with Gasteiger partial charge in [-0.15, -0.1) is 0 Å². The van der Waals surface area contributed by atoms with Gasteiger partial charge < -0.3 is 0 Å². The zero-order valence-electron chi connectivity index (χ0n) is 3.72. The summed E-state index contributed by atoms with van der Waals surface area (Å²) in [6.07, 6.45) is 5.61. The van der Waals surface area contributed by atoms with Gasteiger partial charge in [-0.25, -0.2) is 0 Å². The van der Waals surface area contributed by atoms with Crippen LogP contribution in [0.1, 0.15) is 6.92 Å². The highest BCUT2D eigenvalue weighted by atomic mass is 32.7. The largest absolute Gasteiger partial charge is 0.0807 e. The number of rotatable bonds is 2. The summed E-state index contributed by atoms with van der Waals surface area (Å²) in [5, 5.41) is 2.02. The lowest BCUT2D eigenvalue weighted by molar-refractivity contribution is 1.79. The minimum absolute atomic E-state index is 1.13. The third-order valence-corrected chi connectivity index (χ3v) is 1.63. The zero-order valence-corrected chi connectivity index (χ0v) is 5.43. The number of hydrogen-bond acceptors (Lipinski definition) is 1. The zero-order chi connectivity index (χ0) is 4.83. The lowest BCUT2D eigenvalue weighted by Crippen LogP contribution is -1.28. The van der Waals surface area contributed by atoms with Crippen molar-refractivity contribution in [1.29, 1.82) is 0 Å². The first kappa shape index (κ1) is 6.26. The van der Waals surface area contributed by atoms with E-state index >= 15 is 0 Å². The van der Waals surface area contributed by atoms with Gasteiger partial charge in [-0.1, -0.05) is 23.8 Å². The van der Waals surface area contributed by atoms with Gasteiger partial charge >= 0.3 is 0 Å². The maximum atomic E-state index is 3.61. The van der Waals surface area contributed by atoms with Crippen molar-refractivity contribution in [3.8, 4) is 0 Å². The van der Waals surface area contributed by atoms with Gasteiger partial charge in [0.05, 0.1) is 0 Å². The Kier molecular flexibility index (Phi) is 5.49. The van der Waals surface area contributed by atoms with E-state index in [4.69, 9.17) is 0 Å². The van der Waals surface area contributed by atoms with E-state index in [0.29, 0.717) is 0 Å². The van der Waals surface area contributed by atoms with E-state index < -0.39 is 0 Å². The maximum absolute atomic E-state index is 3.61. The molecule has 0 fully saturated rings. The Morgan fingerprint density at radius 3 is 2.67 bits per heavy atom. The van der Waals surface area contributed by atoms with Crippen LogP contribution in [0.4, 0.5) is 0 Å². The van der Waals surface area contributed by atoms with Crippen molar-refractivity contribution >= 4 is 25.1 Å². The van der Waals surface area contributed by atoms with Crippen LogP contribution in [0.5, 0.6) is 0 Å². The highest BCUT2D eigenvalue weighted by Gasteiger charge is 1.58. The topological polar surface area (TPSA) is 0 Å².